The van der Waals surface area contributed by atoms with E-state index in [2.05, 4.69) is 26.1 Å². The summed E-state index contributed by atoms with van der Waals surface area (Å²) in [5.41, 5.74) is -0.540. The minimum Gasteiger partial charge on any atom is -0.480 e. The Kier molecular flexibility index (Phi) is 8.19. The summed E-state index contributed by atoms with van der Waals surface area (Å²) in [5, 5.41) is 12.3. The van der Waals surface area contributed by atoms with Crippen molar-refractivity contribution in [3.05, 3.63) is 0 Å². The van der Waals surface area contributed by atoms with Crippen LogP contribution in [0.5, 0.6) is 0 Å². The zero-order valence-electron chi connectivity index (χ0n) is 22.5. The molecule has 2 saturated heterocycles. The summed E-state index contributed by atoms with van der Waals surface area (Å²) in [6.45, 7) is 12.3. The first-order chi connectivity index (χ1) is 16.5. The molecule has 7 nitrogen and oxygen atoms in total. The molecule has 2 unspecified atom stereocenters. The molecule has 7 heteroatoms. The second-order valence-corrected chi connectivity index (χ2v) is 13.0. The molecule has 2 saturated carbocycles. The van der Waals surface area contributed by atoms with Gasteiger partial charge >= 0.3 is 5.97 Å². The van der Waals surface area contributed by atoms with E-state index in [0.717, 1.165) is 25.2 Å². The molecule has 200 valence electrons. The summed E-state index contributed by atoms with van der Waals surface area (Å²) >= 11 is 0. The van der Waals surface area contributed by atoms with Gasteiger partial charge in [0.1, 0.15) is 6.04 Å². The lowest BCUT2D eigenvalue weighted by Gasteiger charge is -2.52. The van der Waals surface area contributed by atoms with Crippen molar-refractivity contribution in [3.8, 4) is 0 Å². The van der Waals surface area contributed by atoms with Crippen LogP contribution in [0.3, 0.4) is 0 Å². The molecular weight excluding hydrogens is 446 g/mol. The molecule has 0 spiro atoms. The third-order valence-corrected chi connectivity index (χ3v) is 9.41. The molecular formula is C28H47NO6. The van der Waals surface area contributed by atoms with Gasteiger partial charge in [-0.3, -0.25) is 4.79 Å². The molecule has 2 N–H and O–H groups in total. The monoisotopic (exact) mass is 493 g/mol. The summed E-state index contributed by atoms with van der Waals surface area (Å²) in [5.74, 6) is 1.44. The third-order valence-electron chi connectivity index (χ3n) is 9.41. The summed E-state index contributed by atoms with van der Waals surface area (Å²) in [6, 6.07) is -0.891. The molecule has 2 heterocycles. The summed E-state index contributed by atoms with van der Waals surface area (Å²) in [4.78, 5) is 24.5. The Morgan fingerprint density at radius 2 is 1.57 bits per heavy atom. The van der Waals surface area contributed by atoms with E-state index in [9.17, 15) is 14.7 Å². The van der Waals surface area contributed by atoms with E-state index in [1.54, 1.807) is 0 Å². The van der Waals surface area contributed by atoms with Crippen LogP contribution < -0.4 is 5.32 Å². The highest BCUT2D eigenvalue weighted by molar-refractivity contribution is 5.85. The van der Waals surface area contributed by atoms with E-state index in [-0.39, 0.29) is 36.6 Å². The lowest BCUT2D eigenvalue weighted by atomic mass is 9.61. The normalized spacial score (nSPS) is 42.9. The maximum absolute atomic E-state index is 12.8. The van der Waals surface area contributed by atoms with Crippen LogP contribution in [0.4, 0.5) is 0 Å². The molecule has 2 aliphatic carbocycles. The SMILES string of the molecule is CC1CC[C@@H]2C3[C@@H](O1)O[C@H](OC1CCC(C(=O)N[C@H](C(=O)O)C(C)(C)C)CC1)[C@H](C)[C@@H]3CC[C@H]2C. The van der Waals surface area contributed by atoms with Crippen molar-refractivity contribution in [1.82, 2.24) is 5.32 Å². The quantitative estimate of drug-likeness (QED) is 0.561. The first-order valence-electron chi connectivity index (χ1n) is 13.9. The number of aliphatic carboxylic acids is 1. The molecule has 9 atom stereocenters. The van der Waals surface area contributed by atoms with Crippen LogP contribution in [0, 0.1) is 40.9 Å². The standard InChI is InChI=1S/C28H47NO6/c1-15-7-13-21-17(3)26(35-27-22(21)20(15)14-8-16(2)33-27)34-19-11-9-18(10-12-19)24(30)29-23(25(31)32)28(4,5)6/h15-23,26-27H,7-14H2,1-6H3,(H,29,30)(H,31,32)/t15-,16?,17-,18?,19?,20+,21+,22?,23-,26+,27+/m1/s1. The van der Waals surface area contributed by atoms with Gasteiger partial charge in [0.15, 0.2) is 12.6 Å². The van der Waals surface area contributed by atoms with Crippen LogP contribution in [0.25, 0.3) is 0 Å². The number of carbonyl (C=O) groups excluding carboxylic acids is 1. The lowest BCUT2D eigenvalue weighted by Crippen LogP contribution is -2.54. The smallest absolute Gasteiger partial charge is 0.326 e. The minimum absolute atomic E-state index is 0.0578. The Bertz CT molecular complexity index is 757. The molecule has 35 heavy (non-hydrogen) atoms. The summed E-state index contributed by atoms with van der Waals surface area (Å²) in [7, 11) is 0. The van der Waals surface area contributed by atoms with Crippen LogP contribution in [0.2, 0.25) is 0 Å². The van der Waals surface area contributed by atoms with Gasteiger partial charge in [-0.15, -0.1) is 0 Å². The largest absolute Gasteiger partial charge is 0.480 e. The molecule has 0 aromatic heterocycles. The number of carbonyl (C=O) groups is 2. The highest BCUT2D eigenvalue weighted by Crippen LogP contribution is 2.52. The molecule has 0 bridgehead atoms. The summed E-state index contributed by atoms with van der Waals surface area (Å²) < 4.78 is 19.5. The predicted octanol–water partition coefficient (Wildman–Crippen LogP) is 4.97. The second kappa shape index (κ2) is 10.7. The van der Waals surface area contributed by atoms with Crippen molar-refractivity contribution in [3.63, 3.8) is 0 Å². The van der Waals surface area contributed by atoms with E-state index in [4.69, 9.17) is 14.2 Å². The maximum Gasteiger partial charge on any atom is 0.326 e. The first kappa shape index (κ1) is 26.9. The van der Waals surface area contributed by atoms with Crippen molar-refractivity contribution in [2.75, 3.05) is 0 Å². The Morgan fingerprint density at radius 1 is 0.914 bits per heavy atom. The van der Waals surface area contributed by atoms with E-state index >= 15 is 0 Å². The first-order valence-corrected chi connectivity index (χ1v) is 13.9. The number of carboxylic acid groups (broad SMARTS) is 1. The zero-order chi connectivity index (χ0) is 25.5. The van der Waals surface area contributed by atoms with Gasteiger partial charge in [0.25, 0.3) is 0 Å². The van der Waals surface area contributed by atoms with Crippen molar-refractivity contribution >= 4 is 11.9 Å². The Balaban J connectivity index is 1.34. The van der Waals surface area contributed by atoms with E-state index in [1.165, 1.54) is 19.3 Å². The molecule has 0 aromatic rings. The van der Waals surface area contributed by atoms with Crippen molar-refractivity contribution < 1.29 is 28.9 Å². The van der Waals surface area contributed by atoms with Gasteiger partial charge < -0.3 is 24.6 Å². The average molecular weight is 494 g/mol. The molecule has 0 radical (unpaired) electrons. The fraction of sp³-hybridized carbons (Fsp3) is 0.929. The van der Waals surface area contributed by atoms with Crippen LogP contribution in [-0.4, -0.2) is 47.8 Å². The number of hydrogen-bond donors (Lipinski definition) is 2. The number of amides is 1. The van der Waals surface area contributed by atoms with Gasteiger partial charge in [-0.25, -0.2) is 4.79 Å². The van der Waals surface area contributed by atoms with Crippen LogP contribution in [-0.2, 0) is 23.8 Å². The van der Waals surface area contributed by atoms with E-state index < -0.39 is 17.4 Å². The number of hydrogen-bond acceptors (Lipinski definition) is 5. The molecule has 4 rings (SSSR count). The van der Waals surface area contributed by atoms with Crippen molar-refractivity contribution in [2.24, 2.45) is 40.9 Å². The maximum atomic E-state index is 12.8. The summed E-state index contributed by atoms with van der Waals surface area (Å²) in [6.07, 6.45) is 7.61. The highest BCUT2D eigenvalue weighted by atomic mass is 16.8. The average Bonchev–Trinajstić information content (AvgIpc) is 2.95. The fourth-order valence-electron chi connectivity index (χ4n) is 7.16. The second-order valence-electron chi connectivity index (χ2n) is 13.0. The van der Waals surface area contributed by atoms with Crippen molar-refractivity contribution in [1.29, 1.82) is 0 Å². The number of carboxylic acids is 1. The topological polar surface area (TPSA) is 94.1 Å². The molecule has 4 aliphatic rings. The number of nitrogens with one attached hydrogen (secondary N) is 1. The van der Waals surface area contributed by atoms with Crippen LogP contribution >= 0.6 is 0 Å². The number of rotatable bonds is 5. The minimum atomic E-state index is -0.987. The lowest BCUT2D eigenvalue weighted by molar-refractivity contribution is -0.343. The van der Waals surface area contributed by atoms with Gasteiger partial charge in [0.2, 0.25) is 5.91 Å². The zero-order valence-corrected chi connectivity index (χ0v) is 22.5. The molecule has 1 amide bonds. The van der Waals surface area contributed by atoms with Gasteiger partial charge in [0.05, 0.1) is 12.2 Å². The Labute approximate surface area is 211 Å². The third kappa shape index (κ3) is 5.88. The Morgan fingerprint density at radius 3 is 2.20 bits per heavy atom. The Hall–Kier alpha value is -1.18. The molecule has 4 fully saturated rings. The van der Waals surface area contributed by atoms with Gasteiger partial charge in [0, 0.05) is 17.8 Å². The number of ether oxygens (including phenoxy) is 3. The van der Waals surface area contributed by atoms with Crippen LogP contribution in [0.15, 0.2) is 0 Å². The fourth-order valence-corrected chi connectivity index (χ4v) is 7.16. The molecule has 2 aliphatic heterocycles. The highest BCUT2D eigenvalue weighted by Gasteiger charge is 2.53. The van der Waals surface area contributed by atoms with Gasteiger partial charge in [-0.05, 0) is 75.0 Å². The van der Waals surface area contributed by atoms with E-state index in [0.29, 0.717) is 36.5 Å². The molecule has 0 aromatic carbocycles. The van der Waals surface area contributed by atoms with Crippen LogP contribution in [0.1, 0.15) is 92.9 Å². The van der Waals surface area contributed by atoms with Crippen molar-refractivity contribution in [2.45, 2.75) is 124 Å². The van der Waals surface area contributed by atoms with Gasteiger partial charge in [-0.2, -0.15) is 0 Å². The van der Waals surface area contributed by atoms with Gasteiger partial charge in [-0.1, -0.05) is 41.0 Å². The van der Waals surface area contributed by atoms with E-state index in [1.807, 2.05) is 20.8 Å². The predicted molar refractivity (Wildman–Crippen MR) is 132 cm³/mol.